The lowest BCUT2D eigenvalue weighted by atomic mass is 10.0. The number of hydrogen-bond donors (Lipinski definition) is 0. The Morgan fingerprint density at radius 3 is 2.74 bits per heavy atom. The third kappa shape index (κ3) is 3.95. The summed E-state index contributed by atoms with van der Waals surface area (Å²) in [5.74, 6) is -0.197. The number of aromatic nitrogens is 1. The minimum atomic E-state index is -0.197. The summed E-state index contributed by atoms with van der Waals surface area (Å²) in [4.78, 5) is 16.3. The highest BCUT2D eigenvalue weighted by Gasteiger charge is 2.12. The lowest BCUT2D eigenvalue weighted by molar-refractivity contribution is -0.147. The molecule has 3 rings (SSSR count). The van der Waals surface area contributed by atoms with Crippen LogP contribution in [0.2, 0.25) is 0 Å². The first-order valence-electron chi connectivity index (χ1n) is 7.77. The Balaban J connectivity index is 1.64. The van der Waals surface area contributed by atoms with Crippen molar-refractivity contribution in [3.63, 3.8) is 0 Å². The fraction of sp³-hybridized carbons (Fsp3) is 0.200. The van der Waals surface area contributed by atoms with Gasteiger partial charge in [-0.05, 0) is 34.9 Å². The maximum Gasteiger partial charge on any atom is 0.310 e. The largest absolute Gasteiger partial charge is 0.462 e. The molecule has 23 heavy (non-hydrogen) atoms. The SMILES string of the molecule is CC(Cc1cccnc1)OC(=O)Cc1cccc2ccccc12. The molecule has 0 N–H and O–H groups in total. The average molecular weight is 305 g/mol. The number of pyridine rings is 1. The molecule has 0 radical (unpaired) electrons. The van der Waals surface area contributed by atoms with Crippen LogP contribution >= 0.6 is 0 Å². The summed E-state index contributed by atoms with van der Waals surface area (Å²) in [5, 5.41) is 2.24. The Hall–Kier alpha value is -2.68. The summed E-state index contributed by atoms with van der Waals surface area (Å²) in [6.45, 7) is 1.91. The van der Waals surface area contributed by atoms with Gasteiger partial charge < -0.3 is 4.74 Å². The number of hydrogen-bond acceptors (Lipinski definition) is 3. The first kappa shape index (κ1) is 15.2. The number of esters is 1. The number of benzene rings is 2. The van der Waals surface area contributed by atoms with Crippen LogP contribution in [0.1, 0.15) is 18.1 Å². The number of ether oxygens (including phenoxy) is 1. The van der Waals surface area contributed by atoms with Crippen molar-refractivity contribution in [3.8, 4) is 0 Å². The monoisotopic (exact) mass is 305 g/mol. The third-order valence-corrected chi connectivity index (χ3v) is 3.79. The van der Waals surface area contributed by atoms with Gasteiger partial charge in [-0.1, -0.05) is 48.5 Å². The minimum Gasteiger partial charge on any atom is -0.462 e. The lowest BCUT2D eigenvalue weighted by Crippen LogP contribution is -2.19. The topological polar surface area (TPSA) is 39.2 Å². The van der Waals surface area contributed by atoms with Crippen molar-refractivity contribution in [3.05, 3.63) is 78.1 Å². The molecule has 3 heteroatoms. The van der Waals surface area contributed by atoms with E-state index in [0.717, 1.165) is 21.9 Å². The smallest absolute Gasteiger partial charge is 0.310 e. The van der Waals surface area contributed by atoms with E-state index in [1.54, 1.807) is 12.4 Å². The molecule has 0 saturated heterocycles. The Morgan fingerprint density at radius 2 is 1.91 bits per heavy atom. The standard InChI is InChI=1S/C20H19NO2/c1-15(12-16-6-5-11-21-14-16)23-20(22)13-18-9-4-8-17-7-2-3-10-19(17)18/h2-11,14-15H,12-13H2,1H3. The number of nitrogens with zero attached hydrogens (tertiary/aromatic N) is 1. The van der Waals surface area contributed by atoms with Gasteiger partial charge in [-0.15, -0.1) is 0 Å². The highest BCUT2D eigenvalue weighted by atomic mass is 16.5. The normalized spacial score (nSPS) is 12.0. The molecule has 1 aromatic heterocycles. The van der Waals surface area contributed by atoms with Gasteiger partial charge in [0, 0.05) is 18.8 Å². The highest BCUT2D eigenvalue weighted by molar-refractivity contribution is 5.88. The van der Waals surface area contributed by atoms with E-state index < -0.39 is 0 Å². The quantitative estimate of drug-likeness (QED) is 0.670. The molecule has 3 nitrogen and oxygen atoms in total. The van der Waals surface area contributed by atoms with E-state index in [0.29, 0.717) is 12.8 Å². The molecular formula is C20H19NO2. The molecule has 0 aliphatic rings. The van der Waals surface area contributed by atoms with Crippen LogP contribution in [0, 0.1) is 0 Å². The summed E-state index contributed by atoms with van der Waals surface area (Å²) in [6, 6.07) is 18.0. The van der Waals surface area contributed by atoms with Gasteiger partial charge in [0.25, 0.3) is 0 Å². The summed E-state index contributed by atoms with van der Waals surface area (Å²) < 4.78 is 5.54. The van der Waals surface area contributed by atoms with Crippen LogP contribution in [-0.2, 0) is 22.4 Å². The van der Waals surface area contributed by atoms with Gasteiger partial charge >= 0.3 is 5.97 Å². The molecule has 0 aliphatic heterocycles. The van der Waals surface area contributed by atoms with Crippen LogP contribution < -0.4 is 0 Å². The summed E-state index contributed by atoms with van der Waals surface area (Å²) in [7, 11) is 0. The summed E-state index contributed by atoms with van der Waals surface area (Å²) in [6.07, 6.45) is 4.34. The van der Waals surface area contributed by atoms with Gasteiger partial charge in [0.05, 0.1) is 6.42 Å². The third-order valence-electron chi connectivity index (χ3n) is 3.79. The Morgan fingerprint density at radius 1 is 1.09 bits per heavy atom. The maximum absolute atomic E-state index is 12.2. The molecule has 0 aliphatic carbocycles. The molecule has 1 atom stereocenters. The molecule has 116 valence electrons. The van der Waals surface area contributed by atoms with Gasteiger partial charge in [0.2, 0.25) is 0 Å². The second kappa shape index (κ2) is 7.05. The van der Waals surface area contributed by atoms with E-state index in [1.165, 1.54) is 0 Å². The number of carbonyl (C=O) groups is 1. The molecule has 0 saturated carbocycles. The lowest BCUT2D eigenvalue weighted by Gasteiger charge is -2.14. The van der Waals surface area contributed by atoms with Crippen molar-refractivity contribution in [2.45, 2.75) is 25.9 Å². The Bertz CT molecular complexity index is 794. The van der Waals surface area contributed by atoms with Crippen molar-refractivity contribution < 1.29 is 9.53 Å². The minimum absolute atomic E-state index is 0.165. The van der Waals surface area contributed by atoms with E-state index >= 15 is 0 Å². The second-order valence-electron chi connectivity index (χ2n) is 5.68. The first-order chi connectivity index (χ1) is 11.2. The number of carbonyl (C=O) groups excluding carboxylic acids is 1. The van der Waals surface area contributed by atoms with E-state index in [9.17, 15) is 4.79 Å². The fourth-order valence-electron chi connectivity index (χ4n) is 2.76. The average Bonchev–Trinajstić information content (AvgIpc) is 2.56. The zero-order chi connectivity index (χ0) is 16.1. The van der Waals surface area contributed by atoms with Crippen molar-refractivity contribution in [1.29, 1.82) is 0 Å². The van der Waals surface area contributed by atoms with Crippen molar-refractivity contribution in [1.82, 2.24) is 4.98 Å². The summed E-state index contributed by atoms with van der Waals surface area (Å²) >= 11 is 0. The zero-order valence-corrected chi connectivity index (χ0v) is 13.1. The molecule has 3 aromatic rings. The number of fused-ring (bicyclic) bond motifs is 1. The fourth-order valence-corrected chi connectivity index (χ4v) is 2.76. The van der Waals surface area contributed by atoms with Crippen molar-refractivity contribution in [2.24, 2.45) is 0 Å². The Kier molecular flexibility index (Phi) is 4.67. The molecule has 0 bridgehead atoms. The molecule has 2 aromatic carbocycles. The van der Waals surface area contributed by atoms with Crippen molar-refractivity contribution in [2.75, 3.05) is 0 Å². The molecule has 0 spiro atoms. The van der Waals surface area contributed by atoms with E-state index in [-0.39, 0.29) is 12.1 Å². The van der Waals surface area contributed by atoms with E-state index in [2.05, 4.69) is 17.1 Å². The van der Waals surface area contributed by atoms with Crippen LogP contribution in [-0.4, -0.2) is 17.1 Å². The second-order valence-corrected chi connectivity index (χ2v) is 5.68. The van der Waals surface area contributed by atoms with Crippen LogP contribution in [0.15, 0.2) is 67.0 Å². The molecule has 0 amide bonds. The van der Waals surface area contributed by atoms with Gasteiger partial charge in [0.15, 0.2) is 0 Å². The van der Waals surface area contributed by atoms with Gasteiger partial charge in [-0.3, -0.25) is 9.78 Å². The van der Waals surface area contributed by atoms with Crippen LogP contribution in [0.5, 0.6) is 0 Å². The van der Waals surface area contributed by atoms with E-state index in [1.807, 2.05) is 49.4 Å². The van der Waals surface area contributed by atoms with Crippen LogP contribution in [0.25, 0.3) is 10.8 Å². The van der Waals surface area contributed by atoms with E-state index in [4.69, 9.17) is 4.74 Å². The number of rotatable bonds is 5. The molecular weight excluding hydrogens is 286 g/mol. The molecule has 1 unspecified atom stereocenters. The molecule has 1 heterocycles. The van der Waals surface area contributed by atoms with Crippen molar-refractivity contribution >= 4 is 16.7 Å². The highest BCUT2D eigenvalue weighted by Crippen LogP contribution is 2.19. The van der Waals surface area contributed by atoms with Gasteiger partial charge in [-0.2, -0.15) is 0 Å². The predicted octanol–water partition coefficient (Wildman–Crippen LogP) is 3.95. The van der Waals surface area contributed by atoms with Crippen LogP contribution in [0.3, 0.4) is 0 Å². The van der Waals surface area contributed by atoms with Crippen LogP contribution in [0.4, 0.5) is 0 Å². The summed E-state index contributed by atoms with van der Waals surface area (Å²) in [5.41, 5.74) is 2.07. The Labute approximate surface area is 135 Å². The maximum atomic E-state index is 12.2. The van der Waals surface area contributed by atoms with Gasteiger partial charge in [-0.25, -0.2) is 0 Å². The zero-order valence-electron chi connectivity index (χ0n) is 13.1. The van der Waals surface area contributed by atoms with Gasteiger partial charge in [0.1, 0.15) is 6.10 Å². The first-order valence-corrected chi connectivity index (χ1v) is 7.77. The predicted molar refractivity (Wildman–Crippen MR) is 91.1 cm³/mol. The molecule has 0 fully saturated rings.